The third kappa shape index (κ3) is 1.95. The molecule has 0 aliphatic carbocycles. The average Bonchev–Trinajstić information content (AvgIpc) is 2.18. The van der Waals surface area contributed by atoms with E-state index in [1.54, 1.807) is 12.1 Å². The zero-order chi connectivity index (χ0) is 9.97. The molecule has 0 bridgehead atoms. The SMILES string of the molecule is CN1CCC[C@H](c2ccccc2F)C1. The first-order valence-corrected chi connectivity index (χ1v) is 5.20. The van der Waals surface area contributed by atoms with Crippen molar-refractivity contribution in [3.63, 3.8) is 0 Å². The molecule has 14 heavy (non-hydrogen) atoms. The largest absolute Gasteiger partial charge is 0.306 e. The fourth-order valence-corrected chi connectivity index (χ4v) is 2.23. The minimum atomic E-state index is -0.0483. The van der Waals surface area contributed by atoms with Crippen LogP contribution in [0.25, 0.3) is 0 Å². The van der Waals surface area contributed by atoms with Gasteiger partial charge in [0.1, 0.15) is 5.82 Å². The minimum absolute atomic E-state index is 0.0483. The number of rotatable bonds is 1. The van der Waals surface area contributed by atoms with Gasteiger partial charge in [0.05, 0.1) is 0 Å². The Bertz CT molecular complexity index is 311. The molecule has 0 aromatic heterocycles. The van der Waals surface area contributed by atoms with Crippen molar-refractivity contribution in [2.24, 2.45) is 0 Å². The van der Waals surface area contributed by atoms with Gasteiger partial charge in [-0.3, -0.25) is 0 Å². The van der Waals surface area contributed by atoms with E-state index in [1.807, 2.05) is 12.1 Å². The second-order valence-corrected chi connectivity index (χ2v) is 4.12. The molecule has 1 fully saturated rings. The maximum Gasteiger partial charge on any atom is 0.126 e. The minimum Gasteiger partial charge on any atom is -0.306 e. The molecule has 1 nitrogen and oxygen atoms in total. The number of likely N-dealkylation sites (tertiary alicyclic amines) is 1. The predicted molar refractivity (Wildman–Crippen MR) is 55.9 cm³/mol. The Kier molecular flexibility index (Phi) is 2.82. The highest BCUT2D eigenvalue weighted by Gasteiger charge is 2.20. The Labute approximate surface area is 84.5 Å². The third-order valence-electron chi connectivity index (χ3n) is 2.97. The second kappa shape index (κ2) is 4.09. The number of likely N-dealkylation sites (N-methyl/N-ethyl adjacent to an activating group) is 1. The molecule has 1 aliphatic heterocycles. The van der Waals surface area contributed by atoms with E-state index < -0.39 is 0 Å². The lowest BCUT2D eigenvalue weighted by Crippen LogP contribution is -2.31. The number of benzene rings is 1. The summed E-state index contributed by atoms with van der Waals surface area (Å²) in [7, 11) is 2.10. The standard InChI is InChI=1S/C12H16FN/c1-14-8-4-5-10(9-14)11-6-2-3-7-12(11)13/h2-3,6-7,10H,4-5,8-9H2,1H3/t10-/m0/s1. The van der Waals surface area contributed by atoms with Crippen LogP contribution in [0.2, 0.25) is 0 Å². The molecule has 1 aromatic carbocycles. The molecule has 1 aliphatic rings. The van der Waals surface area contributed by atoms with E-state index in [4.69, 9.17) is 0 Å². The van der Waals surface area contributed by atoms with Crippen molar-refractivity contribution in [1.82, 2.24) is 4.90 Å². The van der Waals surface area contributed by atoms with Gasteiger partial charge >= 0.3 is 0 Å². The van der Waals surface area contributed by atoms with Gasteiger partial charge in [0.2, 0.25) is 0 Å². The summed E-state index contributed by atoms with van der Waals surface area (Å²) >= 11 is 0. The highest BCUT2D eigenvalue weighted by atomic mass is 19.1. The zero-order valence-corrected chi connectivity index (χ0v) is 8.54. The molecule has 0 spiro atoms. The number of hydrogen-bond acceptors (Lipinski definition) is 1. The van der Waals surface area contributed by atoms with Crippen LogP contribution >= 0.6 is 0 Å². The summed E-state index contributed by atoms with van der Waals surface area (Å²) in [6.07, 6.45) is 2.29. The highest BCUT2D eigenvalue weighted by Crippen LogP contribution is 2.27. The molecule has 1 saturated heterocycles. The summed E-state index contributed by atoms with van der Waals surface area (Å²) in [5, 5.41) is 0. The Hall–Kier alpha value is -0.890. The molecule has 1 aromatic rings. The fourth-order valence-electron chi connectivity index (χ4n) is 2.23. The first-order valence-electron chi connectivity index (χ1n) is 5.20. The second-order valence-electron chi connectivity index (χ2n) is 4.12. The molecule has 0 saturated carbocycles. The van der Waals surface area contributed by atoms with Crippen molar-refractivity contribution >= 4 is 0 Å². The molecule has 0 N–H and O–H groups in total. The summed E-state index contributed by atoms with van der Waals surface area (Å²) in [6, 6.07) is 7.15. The van der Waals surface area contributed by atoms with Gasteiger partial charge in [0, 0.05) is 6.54 Å². The van der Waals surface area contributed by atoms with Gasteiger partial charge in [-0.25, -0.2) is 4.39 Å². The molecular formula is C12H16FN. The average molecular weight is 193 g/mol. The fraction of sp³-hybridized carbons (Fsp3) is 0.500. The van der Waals surface area contributed by atoms with Gasteiger partial charge in [-0.15, -0.1) is 0 Å². The molecule has 2 heteroatoms. The van der Waals surface area contributed by atoms with Crippen molar-refractivity contribution in [1.29, 1.82) is 0 Å². The molecule has 1 atom stereocenters. The van der Waals surface area contributed by atoms with Gasteiger partial charge in [0.25, 0.3) is 0 Å². The van der Waals surface area contributed by atoms with Crippen molar-refractivity contribution in [2.45, 2.75) is 18.8 Å². The van der Waals surface area contributed by atoms with Gasteiger partial charge in [0.15, 0.2) is 0 Å². The smallest absolute Gasteiger partial charge is 0.126 e. The lowest BCUT2D eigenvalue weighted by molar-refractivity contribution is 0.248. The van der Waals surface area contributed by atoms with Crippen molar-refractivity contribution in [2.75, 3.05) is 20.1 Å². The van der Waals surface area contributed by atoms with Crippen LogP contribution in [-0.4, -0.2) is 25.0 Å². The van der Waals surface area contributed by atoms with Crippen LogP contribution in [0, 0.1) is 5.82 Å². The lowest BCUT2D eigenvalue weighted by Gasteiger charge is -2.30. The van der Waals surface area contributed by atoms with Gasteiger partial charge in [-0.05, 0) is 44.0 Å². The van der Waals surface area contributed by atoms with Crippen LogP contribution in [0.5, 0.6) is 0 Å². The zero-order valence-electron chi connectivity index (χ0n) is 8.54. The van der Waals surface area contributed by atoms with E-state index in [9.17, 15) is 4.39 Å². The monoisotopic (exact) mass is 193 g/mol. The molecule has 1 heterocycles. The van der Waals surface area contributed by atoms with Crippen LogP contribution < -0.4 is 0 Å². The summed E-state index contributed by atoms with van der Waals surface area (Å²) in [4.78, 5) is 2.28. The maximum atomic E-state index is 13.5. The van der Waals surface area contributed by atoms with Crippen molar-refractivity contribution in [3.8, 4) is 0 Å². The normalized spacial score (nSPS) is 23.7. The van der Waals surface area contributed by atoms with Crippen LogP contribution in [0.4, 0.5) is 4.39 Å². The first kappa shape index (κ1) is 9.66. The first-order chi connectivity index (χ1) is 6.77. The van der Waals surface area contributed by atoms with Crippen molar-refractivity contribution < 1.29 is 4.39 Å². The Morgan fingerprint density at radius 2 is 2.14 bits per heavy atom. The number of piperidine rings is 1. The number of nitrogens with zero attached hydrogens (tertiary/aromatic N) is 1. The molecular weight excluding hydrogens is 177 g/mol. The molecule has 0 unspecified atom stereocenters. The summed E-state index contributed by atoms with van der Waals surface area (Å²) < 4.78 is 13.5. The van der Waals surface area contributed by atoms with Gasteiger partial charge in [-0.1, -0.05) is 18.2 Å². The van der Waals surface area contributed by atoms with Crippen LogP contribution in [0.15, 0.2) is 24.3 Å². The summed E-state index contributed by atoms with van der Waals surface area (Å²) in [5.41, 5.74) is 0.888. The molecule has 76 valence electrons. The third-order valence-corrected chi connectivity index (χ3v) is 2.97. The highest BCUT2D eigenvalue weighted by molar-refractivity contribution is 5.22. The Morgan fingerprint density at radius 3 is 2.86 bits per heavy atom. The maximum absolute atomic E-state index is 13.5. The van der Waals surface area contributed by atoms with Crippen LogP contribution in [0.3, 0.4) is 0 Å². The molecule has 0 amide bonds. The summed E-state index contributed by atoms with van der Waals surface area (Å²) in [6.45, 7) is 2.13. The lowest BCUT2D eigenvalue weighted by atomic mass is 9.90. The predicted octanol–water partition coefficient (Wildman–Crippen LogP) is 2.63. The van der Waals surface area contributed by atoms with E-state index in [1.165, 1.54) is 6.42 Å². The van der Waals surface area contributed by atoms with Crippen molar-refractivity contribution in [3.05, 3.63) is 35.6 Å². The number of hydrogen-bond donors (Lipinski definition) is 0. The van der Waals surface area contributed by atoms with Gasteiger partial charge in [-0.2, -0.15) is 0 Å². The summed E-state index contributed by atoms with van der Waals surface area (Å²) in [5.74, 6) is 0.336. The van der Waals surface area contributed by atoms with Crippen LogP contribution in [-0.2, 0) is 0 Å². The Morgan fingerprint density at radius 1 is 1.36 bits per heavy atom. The van der Waals surface area contributed by atoms with E-state index >= 15 is 0 Å². The number of halogens is 1. The quantitative estimate of drug-likeness (QED) is 0.662. The van der Waals surface area contributed by atoms with Gasteiger partial charge < -0.3 is 4.90 Å². The topological polar surface area (TPSA) is 3.24 Å². The van der Waals surface area contributed by atoms with E-state index in [0.717, 1.165) is 25.1 Å². The Balaban J connectivity index is 2.18. The molecule has 0 radical (unpaired) electrons. The van der Waals surface area contributed by atoms with E-state index in [2.05, 4.69) is 11.9 Å². The van der Waals surface area contributed by atoms with E-state index in [-0.39, 0.29) is 5.82 Å². The molecule has 2 rings (SSSR count). The van der Waals surface area contributed by atoms with E-state index in [0.29, 0.717) is 5.92 Å². The van der Waals surface area contributed by atoms with Crippen LogP contribution in [0.1, 0.15) is 24.3 Å².